The lowest BCUT2D eigenvalue weighted by molar-refractivity contribution is -0.120. The molecule has 0 radical (unpaired) electrons. The molecule has 0 aliphatic carbocycles. The first kappa shape index (κ1) is 19.8. The fraction of sp³-hybridized carbons (Fsp3) is 0.500. The number of rotatable bonds is 4. The van der Waals surface area contributed by atoms with Crippen molar-refractivity contribution in [2.24, 2.45) is 5.92 Å². The van der Waals surface area contributed by atoms with Gasteiger partial charge in [0.25, 0.3) is 0 Å². The standard InChI is InChI=1S/C14H18F2N2O3S.ClH/c1-9-7-10(5-6-17-9)13(19)18-11-3-2-4-12(8-11)22(20,21)14(15)16;/h2-4,8-10,14,17H,5-7H2,1H3,(H,18,19);1H/t9-,10-;/m0./s1. The van der Waals surface area contributed by atoms with Gasteiger partial charge in [0.1, 0.15) is 0 Å². The number of carbonyl (C=O) groups excluding carboxylic acids is 1. The van der Waals surface area contributed by atoms with Crippen LogP contribution in [0.4, 0.5) is 14.5 Å². The number of alkyl halides is 2. The van der Waals surface area contributed by atoms with Crippen LogP contribution in [0.5, 0.6) is 0 Å². The van der Waals surface area contributed by atoms with Gasteiger partial charge in [-0.2, -0.15) is 8.78 Å². The van der Waals surface area contributed by atoms with Crippen molar-refractivity contribution in [1.82, 2.24) is 5.32 Å². The third-order valence-corrected chi connectivity index (χ3v) is 5.04. The molecule has 1 aromatic carbocycles. The summed E-state index contributed by atoms with van der Waals surface area (Å²) in [5.74, 6) is -3.88. The molecule has 0 aromatic heterocycles. The van der Waals surface area contributed by atoms with Crippen LogP contribution >= 0.6 is 12.4 Å². The summed E-state index contributed by atoms with van der Waals surface area (Å²) < 4.78 is 48.0. The molecule has 5 nitrogen and oxygen atoms in total. The minimum absolute atomic E-state index is 0. The van der Waals surface area contributed by atoms with E-state index in [9.17, 15) is 22.0 Å². The number of anilines is 1. The summed E-state index contributed by atoms with van der Waals surface area (Å²) in [6, 6.07) is 5.19. The van der Waals surface area contributed by atoms with Crippen molar-refractivity contribution < 1.29 is 22.0 Å². The summed E-state index contributed by atoms with van der Waals surface area (Å²) in [7, 11) is -4.66. The fourth-order valence-corrected chi connectivity index (χ4v) is 3.23. The molecule has 0 saturated carbocycles. The van der Waals surface area contributed by atoms with Crippen LogP contribution in [-0.2, 0) is 14.6 Å². The summed E-state index contributed by atoms with van der Waals surface area (Å²) in [5, 5.41) is 5.84. The molecule has 1 aromatic rings. The van der Waals surface area contributed by atoms with E-state index in [0.717, 1.165) is 18.7 Å². The van der Waals surface area contributed by atoms with Gasteiger partial charge in [0.15, 0.2) is 0 Å². The molecule has 9 heteroatoms. The Morgan fingerprint density at radius 2 is 2.09 bits per heavy atom. The zero-order valence-electron chi connectivity index (χ0n) is 12.5. The third kappa shape index (κ3) is 4.86. The van der Waals surface area contributed by atoms with Crippen LogP contribution in [0.25, 0.3) is 0 Å². The summed E-state index contributed by atoms with van der Waals surface area (Å²) in [6.45, 7) is 2.72. The predicted octanol–water partition coefficient (Wildman–Crippen LogP) is 2.43. The second-order valence-corrected chi connectivity index (χ2v) is 7.32. The number of hydrogen-bond acceptors (Lipinski definition) is 4. The molecule has 2 rings (SSSR count). The molecule has 1 aliphatic rings. The van der Waals surface area contributed by atoms with E-state index < -0.39 is 20.5 Å². The molecular formula is C14H19ClF2N2O3S. The Labute approximate surface area is 140 Å². The maximum absolute atomic E-state index is 12.5. The highest BCUT2D eigenvalue weighted by Crippen LogP contribution is 2.23. The van der Waals surface area contributed by atoms with Gasteiger partial charge in [-0.15, -0.1) is 12.4 Å². The Morgan fingerprint density at radius 1 is 1.39 bits per heavy atom. The molecule has 1 fully saturated rings. The molecule has 0 unspecified atom stereocenters. The average molecular weight is 369 g/mol. The highest BCUT2D eigenvalue weighted by atomic mass is 35.5. The molecule has 130 valence electrons. The predicted molar refractivity (Wildman–Crippen MR) is 85.7 cm³/mol. The lowest BCUT2D eigenvalue weighted by atomic mass is 9.92. The summed E-state index contributed by atoms with van der Waals surface area (Å²) in [5.41, 5.74) is 0.206. The van der Waals surface area contributed by atoms with Gasteiger partial charge in [-0.3, -0.25) is 4.79 Å². The van der Waals surface area contributed by atoms with Crippen LogP contribution in [-0.4, -0.2) is 32.7 Å². The first-order valence-corrected chi connectivity index (χ1v) is 8.51. The molecule has 1 amide bonds. The summed E-state index contributed by atoms with van der Waals surface area (Å²) >= 11 is 0. The van der Waals surface area contributed by atoms with Crippen molar-refractivity contribution in [2.45, 2.75) is 36.5 Å². The molecule has 2 atom stereocenters. The van der Waals surface area contributed by atoms with Gasteiger partial charge in [0.05, 0.1) is 4.90 Å². The number of benzene rings is 1. The Bertz CT molecular complexity index is 655. The van der Waals surface area contributed by atoms with Gasteiger partial charge in [0, 0.05) is 17.6 Å². The van der Waals surface area contributed by atoms with E-state index in [4.69, 9.17) is 0 Å². The largest absolute Gasteiger partial charge is 0.341 e. The number of piperidine rings is 1. The van der Waals surface area contributed by atoms with Crippen molar-refractivity contribution in [3.8, 4) is 0 Å². The molecule has 2 N–H and O–H groups in total. The van der Waals surface area contributed by atoms with Gasteiger partial charge < -0.3 is 10.6 Å². The van der Waals surface area contributed by atoms with Crippen molar-refractivity contribution >= 4 is 33.8 Å². The zero-order chi connectivity index (χ0) is 16.3. The van der Waals surface area contributed by atoms with E-state index in [0.29, 0.717) is 12.8 Å². The number of amides is 1. The lowest BCUT2D eigenvalue weighted by Crippen LogP contribution is -2.40. The van der Waals surface area contributed by atoms with Crippen LogP contribution in [0.3, 0.4) is 0 Å². The van der Waals surface area contributed by atoms with E-state index in [2.05, 4.69) is 10.6 Å². The van der Waals surface area contributed by atoms with Gasteiger partial charge >= 0.3 is 5.76 Å². The number of halogens is 3. The topological polar surface area (TPSA) is 75.3 Å². The minimum Gasteiger partial charge on any atom is -0.326 e. The van der Waals surface area contributed by atoms with Crippen LogP contribution in [0.2, 0.25) is 0 Å². The normalized spacial score (nSPS) is 21.6. The quantitative estimate of drug-likeness (QED) is 0.855. The van der Waals surface area contributed by atoms with E-state index in [1.807, 2.05) is 6.92 Å². The lowest BCUT2D eigenvalue weighted by Gasteiger charge is -2.27. The van der Waals surface area contributed by atoms with Crippen molar-refractivity contribution in [3.05, 3.63) is 24.3 Å². The maximum atomic E-state index is 12.5. The van der Waals surface area contributed by atoms with Crippen molar-refractivity contribution in [3.63, 3.8) is 0 Å². The summed E-state index contributed by atoms with van der Waals surface area (Å²) in [6.07, 6.45) is 1.37. The van der Waals surface area contributed by atoms with Gasteiger partial charge in [-0.1, -0.05) is 6.07 Å². The van der Waals surface area contributed by atoms with E-state index in [1.54, 1.807) is 0 Å². The molecular weight excluding hydrogens is 350 g/mol. The second kappa shape index (κ2) is 8.03. The van der Waals surface area contributed by atoms with Gasteiger partial charge in [-0.25, -0.2) is 8.42 Å². The van der Waals surface area contributed by atoms with Crippen molar-refractivity contribution in [2.75, 3.05) is 11.9 Å². The molecule has 1 aliphatic heterocycles. The molecule has 0 bridgehead atoms. The second-order valence-electron chi connectivity index (χ2n) is 5.40. The van der Waals surface area contributed by atoms with Gasteiger partial charge in [0.2, 0.25) is 15.7 Å². The Kier molecular flexibility index (Phi) is 6.91. The Hall–Kier alpha value is -1.25. The first-order chi connectivity index (χ1) is 10.3. The van der Waals surface area contributed by atoms with Crippen LogP contribution in [0.15, 0.2) is 29.2 Å². The van der Waals surface area contributed by atoms with Crippen LogP contribution in [0.1, 0.15) is 19.8 Å². The Balaban J connectivity index is 0.00000264. The highest BCUT2D eigenvalue weighted by Gasteiger charge is 2.28. The molecule has 1 heterocycles. The van der Waals surface area contributed by atoms with Gasteiger partial charge in [-0.05, 0) is 44.5 Å². The third-order valence-electron chi connectivity index (χ3n) is 3.66. The SMILES string of the molecule is C[C@H]1C[C@@H](C(=O)Nc2cccc(S(=O)(=O)C(F)F)c2)CCN1.Cl. The smallest absolute Gasteiger partial charge is 0.326 e. The number of sulfone groups is 1. The van der Waals surface area contributed by atoms with Crippen LogP contribution in [0, 0.1) is 5.92 Å². The molecule has 1 saturated heterocycles. The highest BCUT2D eigenvalue weighted by molar-refractivity contribution is 7.91. The van der Waals surface area contributed by atoms with Crippen LogP contribution < -0.4 is 10.6 Å². The van der Waals surface area contributed by atoms with E-state index in [-0.39, 0.29) is 36.0 Å². The van der Waals surface area contributed by atoms with E-state index >= 15 is 0 Å². The van der Waals surface area contributed by atoms with E-state index in [1.165, 1.54) is 12.1 Å². The average Bonchev–Trinajstić information content (AvgIpc) is 2.47. The monoisotopic (exact) mass is 368 g/mol. The molecule has 0 spiro atoms. The minimum atomic E-state index is -4.66. The number of nitrogens with one attached hydrogen (secondary N) is 2. The number of carbonyl (C=O) groups is 1. The zero-order valence-corrected chi connectivity index (χ0v) is 14.1. The Morgan fingerprint density at radius 3 is 2.70 bits per heavy atom. The number of hydrogen-bond donors (Lipinski definition) is 2. The first-order valence-electron chi connectivity index (χ1n) is 6.97. The molecule has 23 heavy (non-hydrogen) atoms. The fourth-order valence-electron chi connectivity index (χ4n) is 2.47. The van der Waals surface area contributed by atoms with Crippen molar-refractivity contribution in [1.29, 1.82) is 0 Å². The maximum Gasteiger partial charge on any atom is 0.341 e. The summed E-state index contributed by atoms with van der Waals surface area (Å²) in [4.78, 5) is 11.7.